The first kappa shape index (κ1) is 13.2. The summed E-state index contributed by atoms with van der Waals surface area (Å²) >= 11 is 0. The van der Waals surface area contributed by atoms with Crippen molar-refractivity contribution in [3.05, 3.63) is 29.3 Å². The summed E-state index contributed by atoms with van der Waals surface area (Å²) < 4.78 is 6.09. The van der Waals surface area contributed by atoms with E-state index in [1.54, 1.807) is 0 Å². The van der Waals surface area contributed by atoms with Gasteiger partial charge in [-0.15, -0.1) is 0 Å². The van der Waals surface area contributed by atoms with Crippen molar-refractivity contribution in [1.82, 2.24) is 0 Å². The normalized spacial score (nSPS) is 25.0. The average Bonchev–Trinajstić information content (AvgIpc) is 3.09. The lowest BCUT2D eigenvalue weighted by Gasteiger charge is -2.54. The van der Waals surface area contributed by atoms with Crippen molar-refractivity contribution in [2.75, 3.05) is 0 Å². The summed E-state index contributed by atoms with van der Waals surface area (Å²) in [5.74, 6) is 1.18. The smallest absolute Gasteiger partial charge is 0.261 e. The van der Waals surface area contributed by atoms with Gasteiger partial charge in [0.2, 0.25) is 0 Å². The molecule has 0 unspecified atom stereocenters. The van der Waals surface area contributed by atoms with Crippen LogP contribution in [0.15, 0.2) is 18.2 Å². The monoisotopic (exact) mass is 285 g/mol. The predicted octanol–water partition coefficient (Wildman–Crippen LogP) is 3.44. The summed E-state index contributed by atoms with van der Waals surface area (Å²) in [6, 6.07) is 6.42. The molecule has 3 fully saturated rings. The Labute approximate surface area is 125 Å². The number of rotatable bonds is 4. The SMILES string of the molecule is Cc1ccc(C2CC3(CCC3)C2)c(OC2(C(N)=O)CC2)c1. The van der Waals surface area contributed by atoms with Crippen LogP contribution in [0, 0.1) is 12.3 Å². The van der Waals surface area contributed by atoms with E-state index in [9.17, 15) is 4.79 Å². The molecule has 3 saturated carbocycles. The van der Waals surface area contributed by atoms with Crippen LogP contribution in [0.3, 0.4) is 0 Å². The number of hydrogen-bond donors (Lipinski definition) is 1. The third-order valence-corrected chi connectivity index (χ3v) is 5.84. The van der Waals surface area contributed by atoms with E-state index in [1.165, 1.54) is 43.2 Å². The second-order valence-corrected chi connectivity index (χ2v) is 7.46. The van der Waals surface area contributed by atoms with Gasteiger partial charge in [-0.3, -0.25) is 4.79 Å². The maximum Gasteiger partial charge on any atom is 0.261 e. The van der Waals surface area contributed by atoms with E-state index in [0.29, 0.717) is 11.3 Å². The van der Waals surface area contributed by atoms with Gasteiger partial charge < -0.3 is 10.5 Å². The topological polar surface area (TPSA) is 52.3 Å². The zero-order valence-corrected chi connectivity index (χ0v) is 12.7. The van der Waals surface area contributed by atoms with Crippen molar-refractivity contribution in [2.24, 2.45) is 11.1 Å². The number of ether oxygens (including phenoxy) is 1. The number of carbonyl (C=O) groups excluding carboxylic acids is 1. The van der Waals surface area contributed by atoms with E-state index >= 15 is 0 Å². The van der Waals surface area contributed by atoms with Crippen molar-refractivity contribution in [2.45, 2.75) is 63.4 Å². The number of benzene rings is 1. The number of nitrogens with two attached hydrogens (primary N) is 1. The molecule has 0 aliphatic heterocycles. The van der Waals surface area contributed by atoms with E-state index in [2.05, 4.69) is 25.1 Å². The molecule has 0 radical (unpaired) electrons. The highest BCUT2D eigenvalue weighted by molar-refractivity contribution is 5.87. The van der Waals surface area contributed by atoms with Crippen LogP contribution in [0.5, 0.6) is 5.75 Å². The molecule has 0 bridgehead atoms. The second-order valence-electron chi connectivity index (χ2n) is 7.46. The van der Waals surface area contributed by atoms with Crippen LogP contribution in [0.2, 0.25) is 0 Å². The molecule has 3 heteroatoms. The minimum absolute atomic E-state index is 0.320. The number of amides is 1. The Morgan fingerprint density at radius 3 is 2.48 bits per heavy atom. The van der Waals surface area contributed by atoms with Gasteiger partial charge in [-0.25, -0.2) is 0 Å². The molecule has 0 aromatic heterocycles. The fourth-order valence-electron chi connectivity index (χ4n) is 4.08. The quantitative estimate of drug-likeness (QED) is 0.921. The van der Waals surface area contributed by atoms with Gasteiger partial charge in [-0.05, 0) is 61.1 Å². The minimum Gasteiger partial charge on any atom is -0.477 e. The Bertz CT molecular complexity index is 591. The lowest BCUT2D eigenvalue weighted by molar-refractivity contribution is -0.126. The molecule has 4 rings (SSSR count). The van der Waals surface area contributed by atoms with Crippen LogP contribution in [0.1, 0.15) is 62.0 Å². The molecule has 3 aliphatic carbocycles. The minimum atomic E-state index is -0.722. The number of hydrogen-bond acceptors (Lipinski definition) is 2. The molecule has 1 amide bonds. The summed E-state index contributed by atoms with van der Waals surface area (Å²) in [5.41, 5.74) is 7.88. The van der Waals surface area contributed by atoms with Crippen LogP contribution < -0.4 is 10.5 Å². The van der Waals surface area contributed by atoms with Crippen molar-refractivity contribution in [3.63, 3.8) is 0 Å². The lowest BCUT2D eigenvalue weighted by Crippen LogP contribution is -2.42. The van der Waals surface area contributed by atoms with Gasteiger partial charge in [-0.2, -0.15) is 0 Å². The molecule has 3 nitrogen and oxygen atoms in total. The van der Waals surface area contributed by atoms with Crippen LogP contribution in [-0.4, -0.2) is 11.5 Å². The summed E-state index contributed by atoms with van der Waals surface area (Å²) in [6.45, 7) is 2.06. The van der Waals surface area contributed by atoms with Crippen molar-refractivity contribution in [3.8, 4) is 5.75 Å². The zero-order valence-electron chi connectivity index (χ0n) is 12.7. The first-order valence-corrected chi connectivity index (χ1v) is 8.12. The Balaban J connectivity index is 1.58. The molecule has 1 aromatic rings. The standard InChI is InChI=1S/C18H23NO2/c1-12-3-4-14(13-10-17(11-13)5-2-6-17)15(9-12)21-18(7-8-18)16(19)20/h3-4,9,13H,2,5-8,10-11H2,1H3,(H2,19,20). The third kappa shape index (κ3) is 2.05. The molecule has 0 saturated heterocycles. The Kier molecular flexibility index (Phi) is 2.66. The fraction of sp³-hybridized carbons (Fsp3) is 0.611. The first-order valence-electron chi connectivity index (χ1n) is 8.12. The third-order valence-electron chi connectivity index (χ3n) is 5.84. The second kappa shape index (κ2) is 4.25. The maximum atomic E-state index is 11.6. The molecule has 0 heterocycles. The van der Waals surface area contributed by atoms with Crippen LogP contribution in [0.25, 0.3) is 0 Å². The molecule has 3 aliphatic rings. The number of primary amides is 1. The summed E-state index contributed by atoms with van der Waals surface area (Å²) in [4.78, 5) is 11.6. The van der Waals surface area contributed by atoms with Gasteiger partial charge in [0.15, 0.2) is 5.60 Å². The molecule has 1 aromatic carbocycles. The Hall–Kier alpha value is -1.51. The molecule has 0 atom stereocenters. The molecular weight excluding hydrogens is 262 g/mol. The highest BCUT2D eigenvalue weighted by Gasteiger charge is 2.53. The summed E-state index contributed by atoms with van der Waals surface area (Å²) in [7, 11) is 0. The van der Waals surface area contributed by atoms with Gasteiger partial charge in [0.05, 0.1) is 0 Å². The van der Waals surface area contributed by atoms with Crippen molar-refractivity contribution >= 4 is 5.91 Å². The molecule has 2 N–H and O–H groups in total. The van der Waals surface area contributed by atoms with Gasteiger partial charge in [-0.1, -0.05) is 18.6 Å². The van der Waals surface area contributed by atoms with Crippen LogP contribution >= 0.6 is 0 Å². The van der Waals surface area contributed by atoms with Gasteiger partial charge >= 0.3 is 0 Å². The van der Waals surface area contributed by atoms with Gasteiger partial charge in [0, 0.05) is 12.8 Å². The van der Waals surface area contributed by atoms with E-state index < -0.39 is 5.60 Å². The van der Waals surface area contributed by atoms with Crippen LogP contribution in [0.4, 0.5) is 0 Å². The van der Waals surface area contributed by atoms with Crippen LogP contribution in [-0.2, 0) is 4.79 Å². The molecule has 112 valence electrons. The van der Waals surface area contributed by atoms with E-state index in [0.717, 1.165) is 18.6 Å². The fourth-order valence-corrected chi connectivity index (χ4v) is 4.08. The Morgan fingerprint density at radius 1 is 1.24 bits per heavy atom. The molecule has 21 heavy (non-hydrogen) atoms. The molecule has 1 spiro atoms. The van der Waals surface area contributed by atoms with Gasteiger partial charge in [0.1, 0.15) is 5.75 Å². The van der Waals surface area contributed by atoms with Gasteiger partial charge in [0.25, 0.3) is 5.91 Å². The average molecular weight is 285 g/mol. The highest BCUT2D eigenvalue weighted by atomic mass is 16.5. The number of aryl methyl sites for hydroxylation is 1. The van der Waals surface area contributed by atoms with E-state index in [1.807, 2.05) is 0 Å². The summed E-state index contributed by atoms with van der Waals surface area (Å²) in [6.07, 6.45) is 8.28. The van der Waals surface area contributed by atoms with Crippen molar-refractivity contribution < 1.29 is 9.53 Å². The van der Waals surface area contributed by atoms with E-state index in [-0.39, 0.29) is 5.91 Å². The maximum absolute atomic E-state index is 11.6. The zero-order chi connectivity index (χ0) is 14.7. The predicted molar refractivity (Wildman–Crippen MR) is 81.2 cm³/mol. The highest BCUT2D eigenvalue weighted by Crippen LogP contribution is 2.63. The number of carbonyl (C=O) groups is 1. The van der Waals surface area contributed by atoms with E-state index in [4.69, 9.17) is 10.5 Å². The Morgan fingerprint density at radius 2 is 1.95 bits per heavy atom. The summed E-state index contributed by atoms with van der Waals surface area (Å²) in [5, 5.41) is 0. The largest absolute Gasteiger partial charge is 0.477 e. The lowest BCUT2D eigenvalue weighted by atomic mass is 9.50. The molecular formula is C18H23NO2. The van der Waals surface area contributed by atoms with Crippen molar-refractivity contribution in [1.29, 1.82) is 0 Å². The first-order chi connectivity index (χ1) is 10.0.